The van der Waals surface area contributed by atoms with E-state index in [4.69, 9.17) is 14.0 Å². The first-order chi connectivity index (χ1) is 8.62. The molecule has 0 bridgehead atoms. The maximum atomic E-state index is 5.82. The molecule has 5 heteroatoms. The molecule has 1 aliphatic rings. The van der Waals surface area contributed by atoms with Gasteiger partial charge in [0.2, 0.25) is 5.88 Å². The van der Waals surface area contributed by atoms with Crippen molar-refractivity contribution < 1.29 is 14.0 Å². The Bertz CT molecular complexity index is 370. The number of nitrogens with one attached hydrogen (secondary N) is 1. The average molecular weight is 254 g/mol. The van der Waals surface area contributed by atoms with E-state index in [1.807, 2.05) is 13.1 Å². The quantitative estimate of drug-likeness (QED) is 0.875. The van der Waals surface area contributed by atoms with E-state index in [0.717, 1.165) is 25.1 Å². The molecule has 1 aliphatic heterocycles. The van der Waals surface area contributed by atoms with Crippen LogP contribution in [0.5, 0.6) is 0 Å². The van der Waals surface area contributed by atoms with E-state index in [9.17, 15) is 0 Å². The normalized spacial score (nSPS) is 20.9. The molecule has 0 amide bonds. The Morgan fingerprint density at radius 3 is 2.94 bits per heavy atom. The number of ether oxygens (including phenoxy) is 2. The zero-order valence-corrected chi connectivity index (χ0v) is 11.4. The van der Waals surface area contributed by atoms with Crippen molar-refractivity contribution in [1.29, 1.82) is 0 Å². The second-order valence-corrected chi connectivity index (χ2v) is 5.32. The van der Waals surface area contributed by atoms with Crippen LogP contribution < -0.4 is 5.32 Å². The lowest BCUT2D eigenvalue weighted by Crippen LogP contribution is -2.31. The highest BCUT2D eigenvalue weighted by molar-refractivity contribution is 5.33. The van der Waals surface area contributed by atoms with Crippen molar-refractivity contribution in [2.24, 2.45) is 0 Å². The van der Waals surface area contributed by atoms with Crippen LogP contribution in [0.25, 0.3) is 0 Å². The highest BCUT2D eigenvalue weighted by atomic mass is 16.7. The van der Waals surface area contributed by atoms with Gasteiger partial charge in [-0.25, -0.2) is 0 Å². The maximum absolute atomic E-state index is 5.82. The molecule has 1 aromatic rings. The van der Waals surface area contributed by atoms with Crippen LogP contribution >= 0.6 is 0 Å². The Kier molecular flexibility index (Phi) is 4.24. The van der Waals surface area contributed by atoms with Crippen LogP contribution in [0.4, 0.5) is 5.88 Å². The lowest BCUT2D eigenvalue weighted by Gasteiger charge is -2.28. The van der Waals surface area contributed by atoms with E-state index in [-0.39, 0.29) is 11.7 Å². The van der Waals surface area contributed by atoms with E-state index in [1.165, 1.54) is 6.42 Å². The van der Waals surface area contributed by atoms with Crippen LogP contribution in [-0.4, -0.2) is 31.7 Å². The molecule has 0 spiro atoms. The fourth-order valence-electron chi connectivity index (χ4n) is 1.93. The van der Waals surface area contributed by atoms with E-state index < -0.39 is 0 Å². The molecular weight excluding hydrogens is 232 g/mol. The minimum atomic E-state index is -0.181. The second-order valence-electron chi connectivity index (χ2n) is 5.32. The summed E-state index contributed by atoms with van der Waals surface area (Å²) < 4.78 is 16.5. The second kappa shape index (κ2) is 5.71. The van der Waals surface area contributed by atoms with Gasteiger partial charge in [-0.05, 0) is 19.3 Å². The molecule has 0 aromatic carbocycles. The molecule has 0 radical (unpaired) electrons. The van der Waals surface area contributed by atoms with Crippen LogP contribution in [0.2, 0.25) is 0 Å². The van der Waals surface area contributed by atoms with Crippen molar-refractivity contribution in [2.45, 2.75) is 44.8 Å². The largest absolute Gasteiger partial charge is 0.357 e. The van der Waals surface area contributed by atoms with Crippen LogP contribution in [0.1, 0.15) is 38.8 Å². The predicted molar refractivity (Wildman–Crippen MR) is 68.6 cm³/mol. The van der Waals surface area contributed by atoms with Gasteiger partial charge in [-0.15, -0.1) is 0 Å². The Morgan fingerprint density at radius 2 is 2.33 bits per heavy atom. The summed E-state index contributed by atoms with van der Waals surface area (Å²) in [6, 6.07) is 1.91. The molecule has 1 saturated heterocycles. The third-order valence-corrected chi connectivity index (χ3v) is 3.22. The Hall–Kier alpha value is -1.07. The first kappa shape index (κ1) is 13.4. The van der Waals surface area contributed by atoms with E-state index >= 15 is 0 Å². The lowest BCUT2D eigenvalue weighted by atomic mass is 9.90. The number of nitrogens with zero attached hydrogens (tertiary/aromatic N) is 1. The Balaban J connectivity index is 1.89. The van der Waals surface area contributed by atoms with Gasteiger partial charge in [0.15, 0.2) is 6.29 Å². The number of anilines is 1. The fraction of sp³-hybridized carbons (Fsp3) is 0.769. The third-order valence-electron chi connectivity index (χ3n) is 3.22. The third kappa shape index (κ3) is 3.23. The molecule has 1 atom stereocenters. The average Bonchev–Trinajstić information content (AvgIpc) is 2.87. The van der Waals surface area contributed by atoms with Crippen molar-refractivity contribution in [1.82, 2.24) is 5.16 Å². The van der Waals surface area contributed by atoms with Crippen LogP contribution in [-0.2, 0) is 14.9 Å². The molecule has 1 N–H and O–H groups in total. The zero-order valence-electron chi connectivity index (χ0n) is 11.4. The maximum Gasteiger partial charge on any atom is 0.224 e. The molecule has 2 rings (SSSR count). The minimum absolute atomic E-state index is 0.0614. The summed E-state index contributed by atoms with van der Waals surface area (Å²) in [7, 11) is 1.81. The van der Waals surface area contributed by atoms with Gasteiger partial charge in [0.05, 0.1) is 12.3 Å². The first-order valence-corrected chi connectivity index (χ1v) is 6.50. The summed E-state index contributed by atoms with van der Waals surface area (Å²) in [6.45, 7) is 5.56. The zero-order chi connectivity index (χ0) is 13.0. The predicted octanol–water partition coefficient (Wildman–Crippen LogP) is 2.54. The number of hydrogen-bond donors (Lipinski definition) is 1. The number of aromatic nitrogens is 1. The molecule has 102 valence electrons. The van der Waals surface area contributed by atoms with Gasteiger partial charge in [-0.2, -0.15) is 0 Å². The number of rotatable bonds is 5. The molecule has 0 aliphatic carbocycles. The van der Waals surface area contributed by atoms with E-state index in [0.29, 0.717) is 12.5 Å². The van der Waals surface area contributed by atoms with E-state index in [1.54, 1.807) is 0 Å². The van der Waals surface area contributed by atoms with Gasteiger partial charge < -0.3 is 19.3 Å². The van der Waals surface area contributed by atoms with Crippen LogP contribution in [0, 0.1) is 0 Å². The van der Waals surface area contributed by atoms with E-state index in [2.05, 4.69) is 24.3 Å². The Labute approximate surface area is 108 Å². The Morgan fingerprint density at radius 1 is 1.50 bits per heavy atom. The molecule has 0 saturated carbocycles. The molecule has 1 aromatic heterocycles. The standard InChI is InChI=1S/C13H22N2O3/c1-13(2,10-8-11(14-3)18-15-10)9-17-12-6-4-5-7-16-12/h8,12,14H,4-7,9H2,1-3H3. The lowest BCUT2D eigenvalue weighted by molar-refractivity contribution is -0.170. The summed E-state index contributed by atoms with van der Waals surface area (Å²) in [5.74, 6) is 0.673. The van der Waals surface area contributed by atoms with Crippen LogP contribution in [0.15, 0.2) is 10.6 Å². The van der Waals surface area contributed by atoms with Gasteiger partial charge >= 0.3 is 0 Å². The molecule has 18 heavy (non-hydrogen) atoms. The summed E-state index contributed by atoms with van der Waals surface area (Å²) >= 11 is 0. The smallest absolute Gasteiger partial charge is 0.224 e. The topological polar surface area (TPSA) is 56.5 Å². The van der Waals surface area contributed by atoms with Crippen molar-refractivity contribution in [3.63, 3.8) is 0 Å². The molecular formula is C13H22N2O3. The molecule has 1 fully saturated rings. The van der Waals surface area contributed by atoms with Crippen LogP contribution in [0.3, 0.4) is 0 Å². The van der Waals surface area contributed by atoms with Gasteiger partial charge in [-0.1, -0.05) is 19.0 Å². The highest BCUT2D eigenvalue weighted by Crippen LogP contribution is 2.26. The molecule has 5 nitrogen and oxygen atoms in total. The molecule has 1 unspecified atom stereocenters. The summed E-state index contributed by atoms with van der Waals surface area (Å²) in [4.78, 5) is 0. The molecule has 2 heterocycles. The van der Waals surface area contributed by atoms with Crippen molar-refractivity contribution in [3.05, 3.63) is 11.8 Å². The summed E-state index contributed by atoms with van der Waals surface area (Å²) in [5.41, 5.74) is 0.710. The van der Waals surface area contributed by atoms with Gasteiger partial charge in [-0.3, -0.25) is 0 Å². The summed E-state index contributed by atoms with van der Waals surface area (Å²) in [6.07, 6.45) is 3.24. The van der Waals surface area contributed by atoms with Crippen molar-refractivity contribution >= 4 is 5.88 Å². The van der Waals surface area contributed by atoms with Gasteiger partial charge in [0.25, 0.3) is 0 Å². The van der Waals surface area contributed by atoms with Gasteiger partial charge in [0, 0.05) is 25.1 Å². The minimum Gasteiger partial charge on any atom is -0.357 e. The first-order valence-electron chi connectivity index (χ1n) is 6.50. The van der Waals surface area contributed by atoms with Crippen molar-refractivity contribution in [2.75, 3.05) is 25.6 Å². The monoisotopic (exact) mass is 254 g/mol. The fourth-order valence-corrected chi connectivity index (χ4v) is 1.93. The van der Waals surface area contributed by atoms with Gasteiger partial charge in [0.1, 0.15) is 0 Å². The van der Waals surface area contributed by atoms with Crippen molar-refractivity contribution in [3.8, 4) is 0 Å². The SMILES string of the molecule is CNc1cc(C(C)(C)COC2CCCCO2)no1. The summed E-state index contributed by atoms with van der Waals surface area (Å²) in [5, 5.41) is 6.99. The highest BCUT2D eigenvalue weighted by Gasteiger charge is 2.27. The number of hydrogen-bond acceptors (Lipinski definition) is 5.